The van der Waals surface area contributed by atoms with E-state index < -0.39 is 12.0 Å². The lowest BCUT2D eigenvalue weighted by molar-refractivity contribution is -0.137. The quantitative estimate of drug-likeness (QED) is 0.838. The molecule has 1 atom stereocenters. The Morgan fingerprint density at radius 1 is 1.44 bits per heavy atom. The number of carbonyl (C=O) groups excluding carboxylic acids is 1. The summed E-state index contributed by atoms with van der Waals surface area (Å²) in [4.78, 5) is 23.8. The maximum Gasteiger partial charge on any atom is 0.325 e. The highest BCUT2D eigenvalue weighted by Crippen LogP contribution is 2.20. The van der Waals surface area contributed by atoms with E-state index in [1.165, 1.54) is 6.92 Å². The number of nitrogens with zero attached hydrogens (tertiary/aromatic N) is 1. The molecule has 0 heterocycles. The van der Waals surface area contributed by atoms with Crippen molar-refractivity contribution in [2.45, 2.75) is 26.8 Å². The van der Waals surface area contributed by atoms with E-state index in [2.05, 4.69) is 5.32 Å². The van der Waals surface area contributed by atoms with Crippen LogP contribution in [0.1, 0.15) is 20.8 Å². The first kappa shape index (κ1) is 14.0. The van der Waals surface area contributed by atoms with Gasteiger partial charge in [0.1, 0.15) is 6.04 Å². The van der Waals surface area contributed by atoms with E-state index in [4.69, 9.17) is 5.11 Å². The van der Waals surface area contributed by atoms with E-state index in [9.17, 15) is 9.59 Å². The van der Waals surface area contributed by atoms with E-state index in [0.717, 1.165) is 5.69 Å². The summed E-state index contributed by atoms with van der Waals surface area (Å²) in [6, 6.07) is 6.48. The fourth-order valence-corrected chi connectivity index (χ4v) is 1.66. The van der Waals surface area contributed by atoms with Gasteiger partial charge in [-0.05, 0) is 32.0 Å². The molecule has 5 heteroatoms. The van der Waals surface area contributed by atoms with Crippen molar-refractivity contribution < 1.29 is 14.7 Å². The van der Waals surface area contributed by atoms with Crippen molar-refractivity contribution in [3.63, 3.8) is 0 Å². The van der Waals surface area contributed by atoms with Crippen LogP contribution >= 0.6 is 0 Å². The maximum absolute atomic E-state index is 11.4. The smallest absolute Gasteiger partial charge is 0.325 e. The van der Waals surface area contributed by atoms with Gasteiger partial charge in [-0.1, -0.05) is 6.07 Å². The molecule has 18 heavy (non-hydrogen) atoms. The Bertz CT molecular complexity index is 446. The highest BCUT2D eigenvalue weighted by molar-refractivity contribution is 5.92. The van der Waals surface area contributed by atoms with Crippen LogP contribution in [0.25, 0.3) is 0 Å². The van der Waals surface area contributed by atoms with Crippen LogP contribution in [0, 0.1) is 0 Å². The first-order chi connectivity index (χ1) is 8.45. The average molecular weight is 250 g/mol. The van der Waals surface area contributed by atoms with E-state index in [1.54, 1.807) is 30.0 Å². The SMILES string of the molecule is CCN(C(C)=O)c1cccc(N[C@H](C)C(=O)O)c1. The number of anilines is 2. The summed E-state index contributed by atoms with van der Waals surface area (Å²) in [6.07, 6.45) is 0. The molecule has 0 bridgehead atoms. The zero-order chi connectivity index (χ0) is 13.7. The lowest BCUT2D eigenvalue weighted by Gasteiger charge is -2.20. The van der Waals surface area contributed by atoms with Gasteiger partial charge in [-0.2, -0.15) is 0 Å². The fourth-order valence-electron chi connectivity index (χ4n) is 1.66. The molecule has 0 saturated carbocycles. The lowest BCUT2D eigenvalue weighted by Crippen LogP contribution is -2.28. The van der Waals surface area contributed by atoms with Crippen molar-refractivity contribution in [1.29, 1.82) is 0 Å². The van der Waals surface area contributed by atoms with Gasteiger partial charge in [0, 0.05) is 24.8 Å². The van der Waals surface area contributed by atoms with Crippen LogP contribution in [0.15, 0.2) is 24.3 Å². The Morgan fingerprint density at radius 2 is 2.11 bits per heavy atom. The largest absolute Gasteiger partial charge is 0.480 e. The van der Waals surface area contributed by atoms with Gasteiger partial charge in [0.05, 0.1) is 0 Å². The first-order valence-electron chi connectivity index (χ1n) is 5.83. The van der Waals surface area contributed by atoms with E-state index in [1.807, 2.05) is 13.0 Å². The molecular formula is C13H18N2O3. The number of rotatable bonds is 5. The second-order valence-corrected chi connectivity index (χ2v) is 4.02. The van der Waals surface area contributed by atoms with Crippen molar-refractivity contribution in [2.24, 2.45) is 0 Å². The number of benzene rings is 1. The number of hydrogen-bond acceptors (Lipinski definition) is 3. The third-order valence-electron chi connectivity index (χ3n) is 2.61. The number of aliphatic carboxylic acids is 1. The van der Waals surface area contributed by atoms with Crippen molar-refractivity contribution in [3.05, 3.63) is 24.3 Å². The topological polar surface area (TPSA) is 69.6 Å². The summed E-state index contributed by atoms with van der Waals surface area (Å²) < 4.78 is 0. The van der Waals surface area contributed by atoms with Crippen LogP contribution in [0.2, 0.25) is 0 Å². The predicted octanol–water partition coefficient (Wildman–Crippen LogP) is 1.94. The Morgan fingerprint density at radius 3 is 2.61 bits per heavy atom. The Labute approximate surface area is 106 Å². The molecule has 0 fully saturated rings. The zero-order valence-corrected chi connectivity index (χ0v) is 10.8. The van der Waals surface area contributed by atoms with Crippen LogP contribution < -0.4 is 10.2 Å². The molecule has 98 valence electrons. The minimum Gasteiger partial charge on any atom is -0.480 e. The Hall–Kier alpha value is -2.04. The van der Waals surface area contributed by atoms with Gasteiger partial charge in [0.2, 0.25) is 5.91 Å². The number of carboxylic acids is 1. The first-order valence-corrected chi connectivity index (χ1v) is 5.83. The second-order valence-electron chi connectivity index (χ2n) is 4.02. The molecule has 0 unspecified atom stereocenters. The third kappa shape index (κ3) is 3.48. The number of carbonyl (C=O) groups is 2. The minimum absolute atomic E-state index is 0.0408. The number of carboxylic acid groups (broad SMARTS) is 1. The average Bonchev–Trinajstić information content (AvgIpc) is 2.29. The van der Waals surface area contributed by atoms with Crippen LogP contribution in [0.3, 0.4) is 0 Å². The normalized spacial score (nSPS) is 11.7. The van der Waals surface area contributed by atoms with Gasteiger partial charge in [-0.25, -0.2) is 0 Å². The highest BCUT2D eigenvalue weighted by atomic mass is 16.4. The van der Waals surface area contributed by atoms with Crippen molar-refractivity contribution in [1.82, 2.24) is 0 Å². The highest BCUT2D eigenvalue weighted by Gasteiger charge is 2.12. The summed E-state index contributed by atoms with van der Waals surface area (Å²) in [5.74, 6) is -0.958. The van der Waals surface area contributed by atoms with Gasteiger partial charge in [-0.15, -0.1) is 0 Å². The summed E-state index contributed by atoms with van der Waals surface area (Å²) in [6.45, 7) is 5.54. The number of amides is 1. The van der Waals surface area contributed by atoms with Gasteiger partial charge in [-0.3, -0.25) is 9.59 Å². The monoisotopic (exact) mass is 250 g/mol. The molecule has 1 aromatic carbocycles. The van der Waals surface area contributed by atoms with Gasteiger partial charge in [0.15, 0.2) is 0 Å². The summed E-state index contributed by atoms with van der Waals surface area (Å²) >= 11 is 0. The Kier molecular flexibility index (Phi) is 4.71. The van der Waals surface area contributed by atoms with Crippen LogP contribution in [-0.4, -0.2) is 29.6 Å². The van der Waals surface area contributed by atoms with E-state index in [0.29, 0.717) is 12.2 Å². The Balaban J connectivity index is 2.91. The molecule has 1 aromatic rings. The molecule has 5 nitrogen and oxygen atoms in total. The zero-order valence-electron chi connectivity index (χ0n) is 10.8. The lowest BCUT2D eigenvalue weighted by atomic mass is 10.2. The van der Waals surface area contributed by atoms with Crippen molar-refractivity contribution in [3.8, 4) is 0 Å². The van der Waals surface area contributed by atoms with E-state index >= 15 is 0 Å². The van der Waals surface area contributed by atoms with Crippen molar-refractivity contribution >= 4 is 23.3 Å². The third-order valence-corrected chi connectivity index (χ3v) is 2.61. The van der Waals surface area contributed by atoms with E-state index in [-0.39, 0.29) is 5.91 Å². The molecular weight excluding hydrogens is 232 g/mol. The molecule has 0 aliphatic rings. The molecule has 0 aliphatic heterocycles. The molecule has 1 amide bonds. The van der Waals surface area contributed by atoms with Gasteiger partial charge >= 0.3 is 5.97 Å². The van der Waals surface area contributed by atoms with Gasteiger partial charge in [0.25, 0.3) is 0 Å². The van der Waals surface area contributed by atoms with Crippen LogP contribution in [0.4, 0.5) is 11.4 Å². The standard InChI is InChI=1S/C13H18N2O3/c1-4-15(10(3)16)12-7-5-6-11(8-12)14-9(2)13(17)18/h5-9,14H,4H2,1-3H3,(H,17,18)/t9-/m1/s1. The molecule has 0 saturated heterocycles. The predicted molar refractivity (Wildman–Crippen MR) is 70.9 cm³/mol. The molecule has 2 N–H and O–H groups in total. The van der Waals surface area contributed by atoms with Crippen LogP contribution in [-0.2, 0) is 9.59 Å². The molecule has 1 rings (SSSR count). The minimum atomic E-state index is -0.917. The van der Waals surface area contributed by atoms with Gasteiger partial charge < -0.3 is 15.3 Å². The fraction of sp³-hybridized carbons (Fsp3) is 0.385. The maximum atomic E-state index is 11.4. The van der Waals surface area contributed by atoms with Crippen molar-refractivity contribution in [2.75, 3.05) is 16.8 Å². The van der Waals surface area contributed by atoms with Crippen LogP contribution in [0.5, 0.6) is 0 Å². The molecule has 0 radical (unpaired) electrons. The molecule has 0 spiro atoms. The molecule has 0 aliphatic carbocycles. The molecule has 0 aromatic heterocycles. The summed E-state index contributed by atoms with van der Waals surface area (Å²) in [5, 5.41) is 11.7. The second kappa shape index (κ2) is 6.05. The number of hydrogen-bond donors (Lipinski definition) is 2. The number of nitrogens with one attached hydrogen (secondary N) is 1. The summed E-state index contributed by atoms with van der Waals surface area (Å²) in [5.41, 5.74) is 1.44. The summed E-state index contributed by atoms with van der Waals surface area (Å²) in [7, 11) is 0.